The van der Waals surface area contributed by atoms with Crippen LogP contribution in [0.25, 0.3) is 21.5 Å². The van der Waals surface area contributed by atoms with Crippen LogP contribution >= 0.6 is 0 Å². The molecule has 0 saturated carbocycles. The van der Waals surface area contributed by atoms with E-state index >= 15 is 0 Å². The van der Waals surface area contributed by atoms with Crippen molar-refractivity contribution in [3.05, 3.63) is 106 Å². The summed E-state index contributed by atoms with van der Waals surface area (Å²) in [6.45, 7) is 15.5. The first-order valence-corrected chi connectivity index (χ1v) is 26.9. The van der Waals surface area contributed by atoms with Crippen molar-refractivity contribution in [1.29, 1.82) is 0 Å². The minimum Gasteiger partial charge on any atom is -0.509 e. The first-order chi connectivity index (χ1) is 30.9. The second-order valence-electron chi connectivity index (χ2n) is 17.8. The van der Waals surface area contributed by atoms with E-state index < -0.39 is 23.2 Å². The quantitative estimate of drug-likeness (QED) is 0.0814. The standard InChI is InChI=1S/C40H32N8O4.C8H21NOSi.Al/c1-5-49-25-17-9-13-21-29(25)37-41-33(21)46-38-31-23(15-11-19-27(31)51-7-3)35(43-38)48-40-32-24(16-12-20-28(32)52-8-4)36(44-40)47-39-30-22(34(42-39)45-37)14-10-18-26(30)50-6-2;1-9(2,3)7-6-8-11(4,5)10;/h9-20H,5-8H2,1-4H3;6-8H2,1-5H3;/q-2;;+3. The Kier molecular flexibility index (Phi) is 10.7. The van der Waals surface area contributed by atoms with Crippen molar-refractivity contribution in [2.75, 3.05) is 54.1 Å². The summed E-state index contributed by atoms with van der Waals surface area (Å²) in [5.41, 5.74) is 4.45. The molecule has 0 saturated heterocycles. The number of aliphatic imine (C=N–C) groups is 4. The van der Waals surface area contributed by atoms with Gasteiger partial charge in [-0.15, -0.1) is 0 Å². The number of hydrogen-bond acceptors (Lipinski definition) is 11. The van der Waals surface area contributed by atoms with Crippen LogP contribution in [-0.2, 0) is 3.48 Å². The minimum atomic E-state index is -3.17. The summed E-state index contributed by atoms with van der Waals surface area (Å²) in [6, 6.07) is 25.1. The van der Waals surface area contributed by atoms with E-state index in [-0.39, 0.29) is 0 Å². The number of amidine groups is 4. The molecule has 2 aromatic heterocycles. The molecule has 6 aromatic rings. The SMILES string of the molecule is CCOc1cccc2c1C1=NC2=Nc2c3c(OCC)cccc3c3[n]2[Al]([O][Si](C)(C)CCC[N+](C)(C)C)[n]2c(c4cccc(OCC)c4c2=NC2=NC(=N3)c3c(OCC)cccc32)=N1. The van der Waals surface area contributed by atoms with Crippen LogP contribution in [0.2, 0.25) is 19.1 Å². The molecule has 6 bridgehead atoms. The number of nitrogens with zero attached hydrogens (tertiary/aromatic N) is 9. The first-order valence-electron chi connectivity index (χ1n) is 22.3. The minimum absolute atomic E-state index is 0.449. The molecular weight excluding hydrogens is 838 g/mol. The molecule has 0 spiro atoms. The fourth-order valence-electron chi connectivity index (χ4n) is 9.17. The summed E-state index contributed by atoms with van der Waals surface area (Å²) < 4.78 is 39.0. The zero-order valence-corrected chi connectivity index (χ0v) is 40.2. The number of fused-ring (bicyclic) bond motifs is 14. The maximum atomic E-state index is 7.98. The Bertz CT molecular complexity index is 3160. The van der Waals surface area contributed by atoms with Gasteiger partial charge in [0, 0.05) is 21.9 Å². The molecule has 6 heterocycles. The third-order valence-corrected chi connectivity index (χ3v) is 18.6. The number of ether oxygens (including phenoxy) is 4. The Labute approximate surface area is 378 Å². The second-order valence-corrected chi connectivity index (χ2v) is 24.4. The molecule has 0 amide bonds. The van der Waals surface area contributed by atoms with Crippen LogP contribution in [0.3, 0.4) is 0 Å². The zero-order chi connectivity index (χ0) is 44.5. The zero-order valence-electron chi connectivity index (χ0n) is 38.0. The van der Waals surface area contributed by atoms with Gasteiger partial charge in [0.1, 0.15) is 45.6 Å². The Morgan fingerprint density at radius 1 is 0.531 bits per heavy atom. The fraction of sp³-hybridized carbons (Fsp3) is 0.333. The van der Waals surface area contributed by atoms with Crippen LogP contribution in [0, 0.1) is 0 Å². The van der Waals surface area contributed by atoms with Crippen LogP contribution in [0.5, 0.6) is 23.0 Å². The lowest BCUT2D eigenvalue weighted by Crippen LogP contribution is -2.53. The van der Waals surface area contributed by atoms with E-state index in [0.717, 1.165) is 67.3 Å². The summed E-state index contributed by atoms with van der Waals surface area (Å²) >= 11 is -3.17. The molecular formula is C48H53AlN9O5Si+. The van der Waals surface area contributed by atoms with Crippen LogP contribution in [0.4, 0.5) is 11.6 Å². The molecule has 0 N–H and O–H groups in total. The van der Waals surface area contributed by atoms with Crippen molar-refractivity contribution in [3.63, 3.8) is 0 Å². The monoisotopic (exact) mass is 890 g/mol. The summed E-state index contributed by atoms with van der Waals surface area (Å²) in [5, 5.41) is 3.29. The van der Waals surface area contributed by atoms with E-state index in [2.05, 4.69) is 53.5 Å². The largest absolute Gasteiger partial charge is 0.798 e. The summed E-state index contributed by atoms with van der Waals surface area (Å²) in [7, 11) is 4.17. The van der Waals surface area contributed by atoms with Gasteiger partial charge in [-0.2, -0.15) is 0 Å². The number of rotatable bonds is 14. The Morgan fingerprint density at radius 2 is 1.03 bits per heavy atom. The molecule has 0 fully saturated rings. The molecule has 4 aliphatic heterocycles. The van der Waals surface area contributed by atoms with Crippen LogP contribution in [0.1, 0.15) is 56.4 Å². The van der Waals surface area contributed by atoms with Gasteiger partial charge in [0.15, 0.2) is 31.7 Å². The van der Waals surface area contributed by atoms with E-state index in [9.17, 15) is 0 Å². The van der Waals surface area contributed by atoms with E-state index in [0.29, 0.717) is 95.4 Å². The third-order valence-electron chi connectivity index (χ3n) is 11.8. The van der Waals surface area contributed by atoms with Gasteiger partial charge < -0.3 is 34.0 Å². The fourth-order valence-corrected chi connectivity index (χ4v) is 15.6. The van der Waals surface area contributed by atoms with Gasteiger partial charge in [0.2, 0.25) is 0 Å². The third kappa shape index (κ3) is 7.08. The Morgan fingerprint density at radius 3 is 1.66 bits per heavy atom. The lowest BCUT2D eigenvalue weighted by atomic mass is 10.1. The van der Waals surface area contributed by atoms with Crippen molar-refractivity contribution in [2.24, 2.45) is 30.0 Å². The molecule has 0 radical (unpaired) electrons. The van der Waals surface area contributed by atoms with E-state index in [1.165, 1.54) is 0 Å². The summed E-state index contributed by atoms with van der Waals surface area (Å²) in [4.78, 5) is 33.0. The lowest BCUT2D eigenvalue weighted by Gasteiger charge is -2.31. The summed E-state index contributed by atoms with van der Waals surface area (Å²) in [5.74, 6) is 6.00. The van der Waals surface area contributed by atoms with E-state index in [1.807, 2.05) is 88.4 Å². The average Bonchev–Trinajstić information content (AvgIpc) is 3.97. The predicted octanol–water partition coefficient (Wildman–Crippen LogP) is 7.83. The average molecular weight is 891 g/mol. The van der Waals surface area contributed by atoms with E-state index in [1.54, 1.807) is 0 Å². The van der Waals surface area contributed by atoms with Gasteiger partial charge in [-0.3, -0.25) is 0 Å². The predicted molar refractivity (Wildman–Crippen MR) is 257 cm³/mol. The highest BCUT2D eigenvalue weighted by molar-refractivity contribution is 6.78. The van der Waals surface area contributed by atoms with Gasteiger partial charge in [0.25, 0.3) is 0 Å². The number of quaternary nitrogens is 1. The Balaban J connectivity index is 1.44. The first kappa shape index (κ1) is 42.1. The van der Waals surface area contributed by atoms with Crippen LogP contribution in [-0.4, -0.2) is 112 Å². The van der Waals surface area contributed by atoms with Crippen LogP contribution in [0.15, 0.2) is 103 Å². The summed E-state index contributed by atoms with van der Waals surface area (Å²) in [6.07, 6.45) is 1.01. The molecule has 0 unspecified atom stereocenters. The van der Waals surface area contributed by atoms with Gasteiger partial charge >= 0.3 is 14.9 Å². The highest BCUT2D eigenvalue weighted by Gasteiger charge is 2.46. The topological polar surface area (TPSA) is 130 Å². The second kappa shape index (κ2) is 16.3. The van der Waals surface area contributed by atoms with Gasteiger partial charge in [-0.05, 0) is 77.5 Å². The lowest BCUT2D eigenvalue weighted by molar-refractivity contribution is -0.870. The maximum absolute atomic E-state index is 7.98. The molecule has 64 heavy (non-hydrogen) atoms. The molecule has 326 valence electrons. The van der Waals surface area contributed by atoms with Crippen LogP contribution < -0.4 is 29.9 Å². The molecule has 4 aromatic carbocycles. The maximum Gasteiger partial charge on any atom is 0.798 e. The van der Waals surface area contributed by atoms with Crippen molar-refractivity contribution >= 4 is 79.8 Å². The van der Waals surface area contributed by atoms with Crippen molar-refractivity contribution < 1.29 is 26.9 Å². The highest BCUT2D eigenvalue weighted by Crippen LogP contribution is 2.46. The Hall–Kier alpha value is -5.89. The van der Waals surface area contributed by atoms with Crippen molar-refractivity contribution in [1.82, 2.24) is 7.10 Å². The number of aromatic nitrogens is 2. The van der Waals surface area contributed by atoms with Crippen molar-refractivity contribution in [2.45, 2.75) is 53.3 Å². The number of hydrogen-bond donors (Lipinski definition) is 0. The van der Waals surface area contributed by atoms with Gasteiger partial charge in [-0.25, -0.2) is 30.0 Å². The van der Waals surface area contributed by atoms with Gasteiger partial charge in [-0.1, -0.05) is 48.5 Å². The molecule has 4 aliphatic rings. The molecule has 10 rings (SSSR count). The molecule has 16 heteroatoms. The molecule has 0 atom stereocenters. The molecule has 14 nitrogen and oxygen atoms in total. The normalized spacial score (nSPS) is 14.8. The molecule has 0 aliphatic carbocycles. The van der Waals surface area contributed by atoms with E-state index in [4.69, 9.17) is 52.4 Å². The smallest absolute Gasteiger partial charge is 0.509 e. The number of benzene rings is 4. The highest BCUT2D eigenvalue weighted by atomic mass is 28.4. The van der Waals surface area contributed by atoms with Gasteiger partial charge in [0.05, 0.1) is 76.0 Å². The van der Waals surface area contributed by atoms with Crippen molar-refractivity contribution in [3.8, 4) is 23.0 Å².